The molecule has 146 valence electrons. The van der Waals surface area contributed by atoms with Gasteiger partial charge < -0.3 is 14.8 Å². The number of carbonyl (C=O) groups is 1. The number of benzene rings is 2. The second-order valence-corrected chi connectivity index (χ2v) is 5.99. The van der Waals surface area contributed by atoms with E-state index >= 15 is 0 Å². The second-order valence-electron chi connectivity index (χ2n) is 5.99. The maximum Gasteiger partial charge on any atom is 0.251 e. The van der Waals surface area contributed by atoms with Gasteiger partial charge in [-0.2, -0.15) is 0 Å². The molecule has 0 atom stereocenters. The Labute approximate surface area is 163 Å². The highest BCUT2D eigenvalue weighted by atomic mass is 16.5. The van der Waals surface area contributed by atoms with E-state index in [1.54, 1.807) is 28.9 Å². The number of aromatic nitrogens is 4. The van der Waals surface area contributed by atoms with Gasteiger partial charge in [0.1, 0.15) is 18.1 Å². The molecule has 8 nitrogen and oxygen atoms in total. The Bertz CT molecular complexity index is 908. The van der Waals surface area contributed by atoms with Gasteiger partial charge in [0.05, 0.1) is 6.61 Å². The molecule has 0 aliphatic rings. The summed E-state index contributed by atoms with van der Waals surface area (Å²) in [6.45, 7) is 5.86. The predicted octanol–water partition coefficient (Wildman–Crippen LogP) is 2.60. The quantitative estimate of drug-likeness (QED) is 0.613. The van der Waals surface area contributed by atoms with E-state index in [4.69, 9.17) is 9.47 Å². The average Bonchev–Trinajstić information content (AvgIpc) is 3.19. The Morgan fingerprint density at radius 2 is 1.89 bits per heavy atom. The molecule has 0 radical (unpaired) electrons. The van der Waals surface area contributed by atoms with Crippen LogP contribution in [-0.4, -0.2) is 32.7 Å². The van der Waals surface area contributed by atoms with Crippen LogP contribution in [0.2, 0.25) is 0 Å². The molecule has 1 heterocycles. The highest BCUT2D eigenvalue weighted by Crippen LogP contribution is 2.15. The van der Waals surface area contributed by atoms with E-state index in [0.29, 0.717) is 36.8 Å². The lowest BCUT2D eigenvalue weighted by Crippen LogP contribution is -2.22. The number of nitrogens with zero attached hydrogens (tertiary/aromatic N) is 4. The molecule has 0 spiro atoms. The van der Waals surface area contributed by atoms with Crippen molar-refractivity contribution < 1.29 is 14.3 Å². The molecule has 0 aliphatic heterocycles. The standard InChI is InChI=1S/C20H23N5O3/c1-3-25-19(22-23-24-25)14-28-18-7-5-6-16(12-18)20(26)21-13-15-8-10-17(11-9-15)27-4-2/h5-12H,3-4,13-14H2,1-2H3,(H,21,26). The number of hydrogen-bond acceptors (Lipinski definition) is 6. The van der Waals surface area contributed by atoms with Crippen LogP contribution >= 0.6 is 0 Å². The van der Waals surface area contributed by atoms with Gasteiger partial charge in [-0.1, -0.05) is 18.2 Å². The topological polar surface area (TPSA) is 91.2 Å². The Morgan fingerprint density at radius 3 is 2.64 bits per heavy atom. The lowest BCUT2D eigenvalue weighted by molar-refractivity contribution is 0.0950. The zero-order valence-electron chi connectivity index (χ0n) is 16.0. The lowest BCUT2D eigenvalue weighted by Gasteiger charge is -2.09. The Balaban J connectivity index is 1.56. The smallest absolute Gasteiger partial charge is 0.251 e. The first-order chi connectivity index (χ1) is 13.7. The van der Waals surface area contributed by atoms with E-state index in [0.717, 1.165) is 11.3 Å². The molecule has 3 aromatic rings. The Kier molecular flexibility index (Phi) is 6.56. The summed E-state index contributed by atoms with van der Waals surface area (Å²) in [4.78, 5) is 12.4. The summed E-state index contributed by atoms with van der Waals surface area (Å²) in [5.41, 5.74) is 1.52. The summed E-state index contributed by atoms with van der Waals surface area (Å²) in [5.74, 6) is 1.86. The molecule has 2 aromatic carbocycles. The van der Waals surface area contributed by atoms with Crippen molar-refractivity contribution >= 4 is 5.91 Å². The highest BCUT2D eigenvalue weighted by Gasteiger charge is 2.09. The van der Waals surface area contributed by atoms with Crippen molar-refractivity contribution in [2.24, 2.45) is 0 Å². The lowest BCUT2D eigenvalue weighted by atomic mass is 10.2. The van der Waals surface area contributed by atoms with E-state index in [1.165, 1.54) is 0 Å². The van der Waals surface area contributed by atoms with Crippen LogP contribution < -0.4 is 14.8 Å². The molecule has 1 aromatic heterocycles. The minimum absolute atomic E-state index is 0.169. The molecule has 0 saturated carbocycles. The summed E-state index contributed by atoms with van der Waals surface area (Å²) >= 11 is 0. The minimum Gasteiger partial charge on any atom is -0.494 e. The first kappa shape index (κ1) is 19.3. The number of hydrogen-bond donors (Lipinski definition) is 1. The molecule has 0 aliphatic carbocycles. The number of ether oxygens (including phenoxy) is 2. The van der Waals surface area contributed by atoms with Crippen molar-refractivity contribution in [1.82, 2.24) is 25.5 Å². The molecular formula is C20H23N5O3. The van der Waals surface area contributed by atoms with Crippen molar-refractivity contribution in [3.8, 4) is 11.5 Å². The normalized spacial score (nSPS) is 10.5. The molecule has 0 fully saturated rings. The fraction of sp³-hybridized carbons (Fsp3) is 0.300. The largest absolute Gasteiger partial charge is 0.494 e. The number of amides is 1. The van der Waals surface area contributed by atoms with Crippen LogP contribution in [-0.2, 0) is 19.7 Å². The number of rotatable bonds is 9. The van der Waals surface area contributed by atoms with Crippen molar-refractivity contribution in [1.29, 1.82) is 0 Å². The van der Waals surface area contributed by atoms with Gasteiger partial charge in [-0.15, -0.1) is 5.10 Å². The minimum atomic E-state index is -0.169. The summed E-state index contributed by atoms with van der Waals surface area (Å²) in [6, 6.07) is 14.7. The summed E-state index contributed by atoms with van der Waals surface area (Å²) in [6.07, 6.45) is 0. The summed E-state index contributed by atoms with van der Waals surface area (Å²) in [5, 5.41) is 14.3. The van der Waals surface area contributed by atoms with Gasteiger partial charge in [0.2, 0.25) is 0 Å². The summed E-state index contributed by atoms with van der Waals surface area (Å²) < 4.78 is 12.8. The van der Waals surface area contributed by atoms with Crippen molar-refractivity contribution in [3.63, 3.8) is 0 Å². The fourth-order valence-electron chi connectivity index (χ4n) is 2.60. The maximum absolute atomic E-state index is 12.4. The van der Waals surface area contributed by atoms with Crippen molar-refractivity contribution in [3.05, 3.63) is 65.5 Å². The van der Waals surface area contributed by atoms with E-state index in [1.807, 2.05) is 38.1 Å². The molecule has 0 bridgehead atoms. The predicted molar refractivity (Wildman–Crippen MR) is 103 cm³/mol. The average molecular weight is 381 g/mol. The maximum atomic E-state index is 12.4. The first-order valence-electron chi connectivity index (χ1n) is 9.17. The van der Waals surface area contributed by atoms with Crippen LogP contribution in [0.3, 0.4) is 0 Å². The van der Waals surface area contributed by atoms with Crippen LogP contribution in [0.25, 0.3) is 0 Å². The van der Waals surface area contributed by atoms with Crippen LogP contribution in [0.5, 0.6) is 11.5 Å². The van der Waals surface area contributed by atoms with Crippen LogP contribution in [0, 0.1) is 0 Å². The van der Waals surface area contributed by atoms with Crippen molar-refractivity contribution in [2.75, 3.05) is 6.61 Å². The van der Waals surface area contributed by atoms with E-state index in [9.17, 15) is 4.79 Å². The fourth-order valence-corrected chi connectivity index (χ4v) is 2.60. The van der Waals surface area contributed by atoms with Gasteiger partial charge in [-0.05, 0) is 60.2 Å². The molecule has 0 unspecified atom stereocenters. The Morgan fingerprint density at radius 1 is 1.07 bits per heavy atom. The van der Waals surface area contributed by atoms with Gasteiger partial charge in [0.25, 0.3) is 5.91 Å². The number of nitrogens with one attached hydrogen (secondary N) is 1. The number of carbonyl (C=O) groups excluding carboxylic acids is 1. The van der Waals surface area contributed by atoms with Gasteiger partial charge in [-0.25, -0.2) is 4.68 Å². The van der Waals surface area contributed by atoms with Gasteiger partial charge in [0.15, 0.2) is 5.82 Å². The first-order valence-corrected chi connectivity index (χ1v) is 9.17. The SMILES string of the molecule is CCOc1ccc(CNC(=O)c2cccc(OCc3nnnn3CC)c2)cc1. The molecule has 8 heteroatoms. The molecular weight excluding hydrogens is 358 g/mol. The van der Waals surface area contributed by atoms with E-state index in [2.05, 4.69) is 20.8 Å². The van der Waals surface area contributed by atoms with Crippen molar-refractivity contribution in [2.45, 2.75) is 33.5 Å². The van der Waals surface area contributed by atoms with Gasteiger partial charge in [-0.3, -0.25) is 4.79 Å². The Hall–Kier alpha value is -3.42. The third-order valence-electron chi connectivity index (χ3n) is 4.06. The third-order valence-corrected chi connectivity index (χ3v) is 4.06. The molecule has 28 heavy (non-hydrogen) atoms. The van der Waals surface area contributed by atoms with Crippen LogP contribution in [0.4, 0.5) is 0 Å². The third kappa shape index (κ3) is 5.06. The highest BCUT2D eigenvalue weighted by molar-refractivity contribution is 5.94. The number of tetrazole rings is 1. The number of aryl methyl sites for hydroxylation is 1. The zero-order chi connectivity index (χ0) is 19.8. The second kappa shape index (κ2) is 9.50. The van der Waals surface area contributed by atoms with Gasteiger partial charge >= 0.3 is 0 Å². The molecule has 3 rings (SSSR count). The monoisotopic (exact) mass is 381 g/mol. The zero-order valence-corrected chi connectivity index (χ0v) is 16.0. The molecule has 1 N–H and O–H groups in total. The van der Waals surface area contributed by atoms with Crippen LogP contribution in [0.15, 0.2) is 48.5 Å². The molecule has 1 amide bonds. The van der Waals surface area contributed by atoms with E-state index in [-0.39, 0.29) is 12.5 Å². The molecule has 0 saturated heterocycles. The van der Waals surface area contributed by atoms with E-state index < -0.39 is 0 Å². The summed E-state index contributed by atoms with van der Waals surface area (Å²) in [7, 11) is 0. The van der Waals surface area contributed by atoms with Crippen LogP contribution in [0.1, 0.15) is 35.6 Å². The van der Waals surface area contributed by atoms with Gasteiger partial charge in [0, 0.05) is 18.7 Å².